The monoisotopic (exact) mass is 187 g/mol. The van der Waals surface area contributed by atoms with Crippen molar-refractivity contribution in [3.63, 3.8) is 0 Å². The Hall–Kier alpha value is -0.940. The van der Waals surface area contributed by atoms with Gasteiger partial charge in [-0.25, -0.2) is 9.78 Å². The molecule has 66 valence electrons. The third kappa shape index (κ3) is 2.60. The predicted molar refractivity (Wildman–Crippen MR) is 44.0 cm³/mol. The Morgan fingerprint density at radius 2 is 2.67 bits per heavy atom. The van der Waals surface area contributed by atoms with Crippen molar-refractivity contribution in [1.82, 2.24) is 4.98 Å². The van der Waals surface area contributed by atoms with Gasteiger partial charge in [0, 0.05) is 11.6 Å². The van der Waals surface area contributed by atoms with Crippen LogP contribution in [-0.4, -0.2) is 22.2 Å². The molecule has 1 rings (SSSR count). The number of thiazole rings is 1. The minimum atomic E-state index is -0.952. The highest BCUT2D eigenvalue weighted by atomic mass is 32.1. The summed E-state index contributed by atoms with van der Waals surface area (Å²) in [5, 5.41) is 11.1. The molecule has 12 heavy (non-hydrogen) atoms. The summed E-state index contributed by atoms with van der Waals surface area (Å²) in [6, 6.07) is 0. The number of carboxylic acid groups (broad SMARTS) is 1. The second-order valence-corrected chi connectivity index (χ2v) is 3.20. The van der Waals surface area contributed by atoms with Crippen molar-refractivity contribution in [2.45, 2.75) is 19.6 Å². The summed E-state index contributed by atoms with van der Waals surface area (Å²) in [5.41, 5.74) is 0. The highest BCUT2D eigenvalue weighted by Gasteiger charge is 2.11. The fraction of sp³-hybridized carbons (Fsp3) is 0.429. The molecule has 0 unspecified atom stereocenters. The molecule has 0 aliphatic rings. The van der Waals surface area contributed by atoms with E-state index in [2.05, 4.69) is 4.98 Å². The molecule has 0 saturated heterocycles. The van der Waals surface area contributed by atoms with Gasteiger partial charge in [0.25, 0.3) is 0 Å². The van der Waals surface area contributed by atoms with E-state index in [1.807, 2.05) is 5.38 Å². The first kappa shape index (κ1) is 9.15. The number of hydrogen-bond donors (Lipinski definition) is 1. The van der Waals surface area contributed by atoms with E-state index in [4.69, 9.17) is 9.84 Å². The van der Waals surface area contributed by atoms with Crippen LogP contribution in [0.15, 0.2) is 11.6 Å². The Balaban J connectivity index is 2.31. The molecule has 1 heterocycles. The lowest BCUT2D eigenvalue weighted by molar-refractivity contribution is -0.149. The Bertz CT molecular complexity index is 247. The van der Waals surface area contributed by atoms with Gasteiger partial charge in [-0.05, 0) is 6.92 Å². The zero-order valence-corrected chi connectivity index (χ0v) is 7.37. The Morgan fingerprint density at radius 3 is 3.17 bits per heavy atom. The number of rotatable bonds is 4. The van der Waals surface area contributed by atoms with Gasteiger partial charge in [-0.2, -0.15) is 0 Å². The van der Waals surface area contributed by atoms with E-state index >= 15 is 0 Å². The first-order valence-electron chi connectivity index (χ1n) is 3.43. The minimum Gasteiger partial charge on any atom is -0.479 e. The van der Waals surface area contributed by atoms with Gasteiger partial charge in [-0.3, -0.25) is 0 Å². The van der Waals surface area contributed by atoms with Crippen molar-refractivity contribution in [2.24, 2.45) is 0 Å². The van der Waals surface area contributed by atoms with E-state index in [0.29, 0.717) is 0 Å². The van der Waals surface area contributed by atoms with Crippen LogP contribution in [0.1, 0.15) is 11.9 Å². The highest BCUT2D eigenvalue weighted by Crippen LogP contribution is 2.06. The lowest BCUT2D eigenvalue weighted by Crippen LogP contribution is -2.19. The summed E-state index contributed by atoms with van der Waals surface area (Å²) in [4.78, 5) is 14.3. The topological polar surface area (TPSA) is 59.4 Å². The van der Waals surface area contributed by atoms with Gasteiger partial charge in [0.2, 0.25) is 0 Å². The Morgan fingerprint density at radius 1 is 1.92 bits per heavy atom. The van der Waals surface area contributed by atoms with Gasteiger partial charge >= 0.3 is 5.97 Å². The maximum Gasteiger partial charge on any atom is 0.332 e. The third-order valence-corrected chi connectivity index (χ3v) is 2.04. The SMILES string of the molecule is C[C@@H](OCc1nccs1)C(=O)O. The van der Waals surface area contributed by atoms with Gasteiger partial charge in [0.1, 0.15) is 5.01 Å². The van der Waals surface area contributed by atoms with Crippen molar-refractivity contribution in [2.75, 3.05) is 0 Å². The summed E-state index contributed by atoms with van der Waals surface area (Å²) in [6.07, 6.45) is 0.892. The summed E-state index contributed by atoms with van der Waals surface area (Å²) in [7, 11) is 0. The summed E-state index contributed by atoms with van der Waals surface area (Å²) < 4.78 is 5.00. The van der Waals surface area contributed by atoms with Gasteiger partial charge in [-0.15, -0.1) is 11.3 Å². The first-order valence-corrected chi connectivity index (χ1v) is 4.31. The molecular formula is C7H9NO3S. The van der Waals surface area contributed by atoms with Crippen molar-refractivity contribution in [1.29, 1.82) is 0 Å². The zero-order valence-electron chi connectivity index (χ0n) is 6.56. The molecule has 0 aliphatic carbocycles. The van der Waals surface area contributed by atoms with E-state index < -0.39 is 12.1 Å². The van der Waals surface area contributed by atoms with Gasteiger partial charge in [-0.1, -0.05) is 0 Å². The van der Waals surface area contributed by atoms with E-state index in [1.54, 1.807) is 6.20 Å². The second-order valence-electron chi connectivity index (χ2n) is 2.22. The van der Waals surface area contributed by atoms with E-state index in [0.717, 1.165) is 5.01 Å². The van der Waals surface area contributed by atoms with Crippen molar-refractivity contribution < 1.29 is 14.6 Å². The molecule has 0 aromatic carbocycles. The largest absolute Gasteiger partial charge is 0.479 e. The first-order chi connectivity index (χ1) is 5.70. The number of nitrogens with zero attached hydrogens (tertiary/aromatic N) is 1. The van der Waals surface area contributed by atoms with Crippen LogP contribution in [0.4, 0.5) is 0 Å². The lowest BCUT2D eigenvalue weighted by atomic mass is 10.4. The van der Waals surface area contributed by atoms with E-state index in [-0.39, 0.29) is 6.61 Å². The molecule has 1 aromatic rings. The molecular weight excluding hydrogens is 178 g/mol. The summed E-state index contributed by atoms with van der Waals surface area (Å²) >= 11 is 1.45. The van der Waals surface area contributed by atoms with Crippen molar-refractivity contribution in [3.05, 3.63) is 16.6 Å². The number of hydrogen-bond acceptors (Lipinski definition) is 4. The number of ether oxygens (including phenoxy) is 1. The fourth-order valence-corrected chi connectivity index (χ4v) is 1.13. The second kappa shape index (κ2) is 4.18. The molecule has 1 aromatic heterocycles. The van der Waals surface area contributed by atoms with Crippen LogP contribution in [0.3, 0.4) is 0 Å². The van der Waals surface area contributed by atoms with Crippen LogP contribution in [-0.2, 0) is 16.1 Å². The summed E-state index contributed by atoms with van der Waals surface area (Å²) in [5.74, 6) is -0.952. The average molecular weight is 187 g/mol. The van der Waals surface area contributed by atoms with Crippen LogP contribution >= 0.6 is 11.3 Å². The molecule has 0 aliphatic heterocycles. The minimum absolute atomic E-state index is 0.269. The predicted octanol–water partition coefficient (Wildman–Crippen LogP) is 1.13. The Kier molecular flexibility index (Phi) is 3.19. The maximum absolute atomic E-state index is 10.3. The number of aliphatic carboxylic acids is 1. The van der Waals surface area contributed by atoms with E-state index in [9.17, 15) is 4.79 Å². The van der Waals surface area contributed by atoms with E-state index in [1.165, 1.54) is 18.3 Å². The molecule has 4 nitrogen and oxygen atoms in total. The standard InChI is InChI=1S/C7H9NO3S/c1-5(7(9)10)11-4-6-8-2-3-12-6/h2-3,5H,4H2,1H3,(H,9,10)/t5-/m1/s1. The molecule has 0 amide bonds. The van der Waals surface area contributed by atoms with Crippen molar-refractivity contribution in [3.8, 4) is 0 Å². The smallest absolute Gasteiger partial charge is 0.332 e. The molecule has 0 spiro atoms. The lowest BCUT2D eigenvalue weighted by Gasteiger charge is -2.05. The van der Waals surface area contributed by atoms with Crippen LogP contribution in [0.25, 0.3) is 0 Å². The zero-order chi connectivity index (χ0) is 8.97. The van der Waals surface area contributed by atoms with Crippen LogP contribution < -0.4 is 0 Å². The van der Waals surface area contributed by atoms with Gasteiger partial charge < -0.3 is 9.84 Å². The van der Waals surface area contributed by atoms with Gasteiger partial charge in [0.15, 0.2) is 6.10 Å². The number of carboxylic acids is 1. The van der Waals surface area contributed by atoms with Crippen molar-refractivity contribution >= 4 is 17.3 Å². The normalized spacial score (nSPS) is 12.8. The Labute approximate surface area is 73.8 Å². The molecule has 0 fully saturated rings. The summed E-state index contributed by atoms with van der Waals surface area (Å²) in [6.45, 7) is 1.76. The molecule has 5 heteroatoms. The quantitative estimate of drug-likeness (QED) is 0.767. The molecule has 0 saturated carbocycles. The maximum atomic E-state index is 10.3. The fourth-order valence-electron chi connectivity index (χ4n) is 0.592. The number of aromatic nitrogens is 1. The van der Waals surface area contributed by atoms with Crippen LogP contribution in [0.2, 0.25) is 0 Å². The van der Waals surface area contributed by atoms with Crippen LogP contribution in [0, 0.1) is 0 Å². The average Bonchev–Trinajstić information content (AvgIpc) is 2.51. The third-order valence-electron chi connectivity index (χ3n) is 1.29. The molecule has 0 bridgehead atoms. The number of carbonyl (C=O) groups is 1. The molecule has 1 N–H and O–H groups in total. The van der Waals surface area contributed by atoms with Crippen LogP contribution in [0.5, 0.6) is 0 Å². The molecule has 1 atom stereocenters. The molecule has 0 radical (unpaired) electrons. The highest BCUT2D eigenvalue weighted by molar-refractivity contribution is 7.09. The van der Waals surface area contributed by atoms with Gasteiger partial charge in [0.05, 0.1) is 6.61 Å².